The fourth-order valence-corrected chi connectivity index (χ4v) is 3.26. The maximum atomic E-state index is 5.21. The Hall–Kier alpha value is -0.250. The van der Waals surface area contributed by atoms with Gasteiger partial charge < -0.3 is 0 Å². The summed E-state index contributed by atoms with van der Waals surface area (Å²) in [6, 6.07) is 1.98. The first kappa shape index (κ1) is 11.2. The Balaban J connectivity index is 2.30. The van der Waals surface area contributed by atoms with Crippen LogP contribution in [-0.4, -0.2) is 21.4 Å². The second-order valence-corrected chi connectivity index (χ2v) is 6.17. The van der Waals surface area contributed by atoms with Crippen molar-refractivity contribution in [3.05, 3.63) is 32.0 Å². The van der Waals surface area contributed by atoms with E-state index in [9.17, 15) is 0 Å². The number of nitrogens with zero attached hydrogens (tertiary/aromatic N) is 2. The predicted octanol–water partition coefficient (Wildman–Crippen LogP) is -1.58. The van der Waals surface area contributed by atoms with Gasteiger partial charge >= 0.3 is 113 Å². The van der Waals surface area contributed by atoms with Crippen LogP contribution in [0.2, 0.25) is 0 Å². The molecule has 6 heteroatoms. The van der Waals surface area contributed by atoms with Gasteiger partial charge in [0.05, 0.1) is 0 Å². The van der Waals surface area contributed by atoms with Gasteiger partial charge in [0.15, 0.2) is 0 Å². The SMILES string of the molecule is COC1=CC(n2ccc(I)n2)=C[I-]CN1. The third kappa shape index (κ3) is 2.86. The Bertz CT molecular complexity index is 411. The molecule has 4 nitrogen and oxygen atoms in total. The van der Waals surface area contributed by atoms with Crippen molar-refractivity contribution in [2.24, 2.45) is 0 Å². The zero-order valence-corrected chi connectivity index (χ0v) is 12.4. The van der Waals surface area contributed by atoms with Gasteiger partial charge in [-0.3, -0.25) is 0 Å². The van der Waals surface area contributed by atoms with Crippen LogP contribution in [0.3, 0.4) is 0 Å². The quantitative estimate of drug-likeness (QED) is 0.350. The zero-order valence-electron chi connectivity index (χ0n) is 8.08. The second-order valence-electron chi connectivity index (χ2n) is 2.79. The van der Waals surface area contributed by atoms with E-state index >= 15 is 0 Å². The van der Waals surface area contributed by atoms with E-state index in [2.05, 4.69) is 37.1 Å². The van der Waals surface area contributed by atoms with E-state index in [1.54, 1.807) is 7.11 Å². The molecule has 0 spiro atoms. The first-order valence-electron chi connectivity index (χ1n) is 4.28. The van der Waals surface area contributed by atoms with Crippen LogP contribution in [-0.2, 0) is 4.74 Å². The van der Waals surface area contributed by atoms with Gasteiger partial charge in [-0.15, -0.1) is 0 Å². The normalized spacial score (nSPS) is 16.7. The minimum absolute atomic E-state index is 0.0287. The summed E-state index contributed by atoms with van der Waals surface area (Å²) in [7, 11) is 1.67. The molecule has 1 aliphatic heterocycles. The first-order chi connectivity index (χ1) is 7.29. The van der Waals surface area contributed by atoms with Crippen molar-refractivity contribution in [1.82, 2.24) is 15.1 Å². The van der Waals surface area contributed by atoms with Crippen molar-refractivity contribution in [2.45, 2.75) is 0 Å². The van der Waals surface area contributed by atoms with E-state index in [0.717, 1.165) is 19.8 Å². The van der Waals surface area contributed by atoms with Crippen LogP contribution in [0.15, 0.2) is 28.3 Å². The van der Waals surface area contributed by atoms with Crippen LogP contribution >= 0.6 is 22.6 Å². The fourth-order valence-electron chi connectivity index (χ4n) is 1.13. The van der Waals surface area contributed by atoms with Gasteiger partial charge in [0.1, 0.15) is 0 Å². The predicted molar refractivity (Wildman–Crippen MR) is 62.3 cm³/mol. The molecule has 0 aliphatic carbocycles. The average Bonchev–Trinajstić information content (AvgIpc) is 2.54. The van der Waals surface area contributed by atoms with E-state index < -0.39 is 0 Å². The number of aromatic nitrogens is 2. The molecule has 1 aromatic heterocycles. The van der Waals surface area contributed by atoms with Gasteiger partial charge in [-0.2, -0.15) is 0 Å². The van der Waals surface area contributed by atoms with Crippen molar-refractivity contribution in [2.75, 3.05) is 11.7 Å². The van der Waals surface area contributed by atoms with E-state index in [1.807, 2.05) is 23.0 Å². The van der Waals surface area contributed by atoms with Crippen LogP contribution < -0.4 is 26.5 Å². The van der Waals surface area contributed by atoms with Crippen molar-refractivity contribution in [3.8, 4) is 0 Å². The Morgan fingerprint density at radius 1 is 1.67 bits per heavy atom. The van der Waals surface area contributed by atoms with Crippen molar-refractivity contribution < 1.29 is 25.9 Å². The molecule has 0 saturated carbocycles. The molecule has 1 N–H and O–H groups in total. The third-order valence-electron chi connectivity index (χ3n) is 1.83. The second kappa shape index (κ2) is 5.19. The number of allylic oxidation sites excluding steroid dienone is 2. The number of alkyl halides is 1. The van der Waals surface area contributed by atoms with Crippen molar-refractivity contribution in [1.29, 1.82) is 0 Å². The summed E-state index contributed by atoms with van der Waals surface area (Å²) in [5.74, 6) is 0.809. The van der Waals surface area contributed by atoms with Gasteiger partial charge in [0.25, 0.3) is 0 Å². The topological polar surface area (TPSA) is 39.1 Å². The number of hydrogen-bond donors (Lipinski definition) is 1. The van der Waals surface area contributed by atoms with Gasteiger partial charge in [-0.25, -0.2) is 0 Å². The number of rotatable bonds is 2. The summed E-state index contributed by atoms with van der Waals surface area (Å²) >= 11 is 2.23. The molecule has 0 aromatic carbocycles. The molecule has 0 unspecified atom stereocenters. The molecule has 1 aliphatic rings. The molecule has 82 valence electrons. The van der Waals surface area contributed by atoms with Crippen molar-refractivity contribution in [3.63, 3.8) is 0 Å². The molecular formula is C9H10I2N3O-. The molecule has 2 heterocycles. The molecule has 0 fully saturated rings. The molecule has 0 amide bonds. The number of ether oxygens (including phenoxy) is 1. The maximum absolute atomic E-state index is 5.21. The summed E-state index contributed by atoms with van der Waals surface area (Å²) in [5.41, 5.74) is 1.09. The van der Waals surface area contributed by atoms with Gasteiger partial charge in [-0.1, -0.05) is 0 Å². The third-order valence-corrected chi connectivity index (χ3v) is 4.30. The number of nitrogens with one attached hydrogen (secondary N) is 1. The Morgan fingerprint density at radius 2 is 2.53 bits per heavy atom. The molecule has 2 rings (SSSR count). The van der Waals surface area contributed by atoms with Gasteiger partial charge in [-0.05, 0) is 0 Å². The molecule has 0 bridgehead atoms. The van der Waals surface area contributed by atoms with Crippen LogP contribution in [0.4, 0.5) is 0 Å². The van der Waals surface area contributed by atoms with Crippen LogP contribution in [0.5, 0.6) is 0 Å². The Labute approximate surface area is 112 Å². The van der Waals surface area contributed by atoms with E-state index in [-0.39, 0.29) is 21.2 Å². The summed E-state index contributed by atoms with van der Waals surface area (Å²) < 4.78 is 11.3. The standard InChI is InChI=1S/C9H10I2N3O/c1-15-9-4-7(5-11-6-12-9)14-3-2-8(10)13-14/h2-5,12H,6H2,1H3/q-1. The monoisotopic (exact) mass is 430 g/mol. The van der Waals surface area contributed by atoms with Crippen LogP contribution in [0.25, 0.3) is 5.70 Å². The Morgan fingerprint density at radius 3 is 3.20 bits per heavy atom. The van der Waals surface area contributed by atoms with E-state index in [0.29, 0.717) is 0 Å². The number of halogens is 2. The number of methoxy groups -OCH3 is 1. The Kier molecular flexibility index (Phi) is 3.89. The first-order valence-corrected chi connectivity index (χ1v) is 8.13. The summed E-state index contributed by atoms with van der Waals surface area (Å²) in [4.78, 5) is 0. The van der Waals surface area contributed by atoms with E-state index in [1.165, 1.54) is 0 Å². The minimum atomic E-state index is 0.0287. The van der Waals surface area contributed by atoms with Crippen LogP contribution in [0, 0.1) is 3.70 Å². The number of hydrogen-bond acceptors (Lipinski definition) is 3. The molecule has 15 heavy (non-hydrogen) atoms. The molecule has 0 radical (unpaired) electrons. The molecule has 0 atom stereocenters. The average molecular weight is 430 g/mol. The zero-order chi connectivity index (χ0) is 10.7. The summed E-state index contributed by atoms with van der Waals surface area (Å²) in [6.07, 6.45) is 3.95. The fraction of sp³-hybridized carbons (Fsp3) is 0.222. The van der Waals surface area contributed by atoms with Crippen molar-refractivity contribution >= 4 is 28.3 Å². The summed E-state index contributed by atoms with van der Waals surface area (Å²) in [6.45, 7) is 0. The van der Waals surface area contributed by atoms with Crippen LogP contribution in [0.1, 0.15) is 0 Å². The molecule has 1 aromatic rings. The van der Waals surface area contributed by atoms with Gasteiger partial charge in [0.2, 0.25) is 0 Å². The van der Waals surface area contributed by atoms with Gasteiger partial charge in [0, 0.05) is 0 Å². The molecule has 0 saturated heterocycles. The molecular weight excluding hydrogens is 420 g/mol. The summed E-state index contributed by atoms with van der Waals surface area (Å²) in [5, 5.41) is 7.60. The van der Waals surface area contributed by atoms with E-state index in [4.69, 9.17) is 4.74 Å².